The first-order valence-electron chi connectivity index (χ1n) is 7.50. The van der Waals surface area contributed by atoms with Gasteiger partial charge in [-0.25, -0.2) is 4.39 Å². The molecule has 0 saturated carbocycles. The minimum absolute atomic E-state index is 0.227. The average Bonchev–Trinajstić information content (AvgIpc) is 2.98. The van der Waals surface area contributed by atoms with Crippen LogP contribution in [0.15, 0.2) is 46.3 Å². The third-order valence-electron chi connectivity index (χ3n) is 3.76. The second-order valence-electron chi connectivity index (χ2n) is 5.29. The zero-order valence-corrected chi connectivity index (χ0v) is 14.6. The molecule has 0 fully saturated rings. The molecule has 0 spiro atoms. The first kappa shape index (κ1) is 16.7. The highest BCUT2D eigenvalue weighted by atomic mass is 32.2. The molecular formula is C18H19FN2O2S. The van der Waals surface area contributed by atoms with Gasteiger partial charge in [-0.2, -0.15) is 0 Å². The lowest BCUT2D eigenvalue weighted by molar-refractivity contribution is 0.356. The summed E-state index contributed by atoms with van der Waals surface area (Å²) in [6, 6.07) is 8.73. The summed E-state index contributed by atoms with van der Waals surface area (Å²) in [6.07, 6.45) is 1.95. The number of aromatic nitrogens is 1. The Bertz CT molecular complexity index is 864. The number of methoxy groups -OCH3 is 2. The number of hydrogen-bond donors (Lipinski definition) is 2. The molecule has 0 amide bonds. The second-order valence-corrected chi connectivity index (χ2v) is 6.37. The maximum absolute atomic E-state index is 13.5. The van der Waals surface area contributed by atoms with Crippen LogP contribution < -0.4 is 14.8 Å². The van der Waals surface area contributed by atoms with Crippen molar-refractivity contribution in [3.63, 3.8) is 0 Å². The van der Waals surface area contributed by atoms with E-state index in [9.17, 15) is 4.39 Å². The van der Waals surface area contributed by atoms with Gasteiger partial charge in [0, 0.05) is 34.0 Å². The molecule has 1 aromatic heterocycles. The molecule has 0 bridgehead atoms. The van der Waals surface area contributed by atoms with Gasteiger partial charge in [-0.05, 0) is 36.9 Å². The zero-order valence-electron chi connectivity index (χ0n) is 13.8. The van der Waals surface area contributed by atoms with Crippen molar-refractivity contribution in [3.8, 4) is 11.5 Å². The molecular weight excluding hydrogens is 327 g/mol. The molecule has 0 unspecified atom stereocenters. The molecule has 3 rings (SSSR count). The first-order valence-corrected chi connectivity index (χ1v) is 8.32. The van der Waals surface area contributed by atoms with Crippen LogP contribution in [0.1, 0.15) is 5.56 Å². The van der Waals surface area contributed by atoms with E-state index in [4.69, 9.17) is 9.47 Å². The third-order valence-corrected chi connectivity index (χ3v) is 4.93. The molecule has 1 heterocycles. The number of aromatic amines is 1. The summed E-state index contributed by atoms with van der Waals surface area (Å²) >= 11 is 1.60. The summed E-state index contributed by atoms with van der Waals surface area (Å²) in [6.45, 7) is 0.611. The average molecular weight is 346 g/mol. The number of halogens is 1. The van der Waals surface area contributed by atoms with Crippen molar-refractivity contribution in [3.05, 3.63) is 47.9 Å². The summed E-state index contributed by atoms with van der Waals surface area (Å²) < 4.78 is 24.2. The summed E-state index contributed by atoms with van der Waals surface area (Å²) in [4.78, 5) is 5.32. The highest BCUT2D eigenvalue weighted by molar-refractivity contribution is 7.99. The number of nitrogens with one attached hydrogen (secondary N) is 2. The highest BCUT2D eigenvalue weighted by Gasteiger charge is 2.13. The number of fused-ring (bicyclic) bond motifs is 1. The zero-order chi connectivity index (χ0) is 17.1. The van der Waals surface area contributed by atoms with Crippen LogP contribution in [0.2, 0.25) is 0 Å². The second kappa shape index (κ2) is 7.15. The quantitative estimate of drug-likeness (QED) is 0.702. The van der Waals surface area contributed by atoms with E-state index in [1.54, 1.807) is 32.0 Å². The molecule has 0 aliphatic rings. The van der Waals surface area contributed by atoms with Gasteiger partial charge in [0.15, 0.2) is 11.5 Å². The van der Waals surface area contributed by atoms with Crippen molar-refractivity contribution in [2.45, 2.75) is 16.3 Å². The van der Waals surface area contributed by atoms with E-state index < -0.39 is 0 Å². The number of rotatable bonds is 6. The lowest BCUT2D eigenvalue weighted by Gasteiger charge is -2.10. The monoisotopic (exact) mass is 346 g/mol. The standard InChI is InChI=1S/C18H19FN2O2S/c1-20-9-11-6-12(19)4-5-17(11)24-18-10-21-14-8-16(23-3)15(22-2)7-13(14)18/h4-8,10,20-21H,9H2,1-3H3. The van der Waals surface area contributed by atoms with Crippen LogP contribution in [-0.4, -0.2) is 26.3 Å². The Balaban J connectivity index is 2.02. The molecule has 0 saturated heterocycles. The summed E-state index contributed by atoms with van der Waals surface area (Å²) in [5.41, 5.74) is 1.89. The maximum atomic E-state index is 13.5. The Morgan fingerprint density at radius 1 is 1.08 bits per heavy atom. The van der Waals surface area contributed by atoms with E-state index in [0.29, 0.717) is 18.0 Å². The van der Waals surface area contributed by atoms with Gasteiger partial charge in [0.1, 0.15) is 5.82 Å². The van der Waals surface area contributed by atoms with E-state index in [1.165, 1.54) is 6.07 Å². The Morgan fingerprint density at radius 3 is 2.54 bits per heavy atom. The molecule has 6 heteroatoms. The molecule has 0 atom stereocenters. The summed E-state index contributed by atoms with van der Waals surface area (Å²) in [7, 11) is 5.08. The minimum Gasteiger partial charge on any atom is -0.493 e. The van der Waals surface area contributed by atoms with Gasteiger partial charge >= 0.3 is 0 Å². The fourth-order valence-electron chi connectivity index (χ4n) is 2.60. The van der Waals surface area contributed by atoms with Gasteiger partial charge in [0.25, 0.3) is 0 Å². The van der Waals surface area contributed by atoms with Crippen molar-refractivity contribution in [1.29, 1.82) is 0 Å². The summed E-state index contributed by atoms with van der Waals surface area (Å²) in [5.74, 6) is 1.14. The topological polar surface area (TPSA) is 46.3 Å². The number of benzene rings is 2. The van der Waals surface area contributed by atoms with Crippen LogP contribution in [0, 0.1) is 5.82 Å². The van der Waals surface area contributed by atoms with Crippen molar-refractivity contribution in [2.24, 2.45) is 0 Å². The van der Waals surface area contributed by atoms with E-state index >= 15 is 0 Å². The number of hydrogen-bond acceptors (Lipinski definition) is 4. The predicted molar refractivity (Wildman–Crippen MR) is 94.7 cm³/mol. The molecule has 4 nitrogen and oxygen atoms in total. The normalized spacial score (nSPS) is 11.0. The van der Waals surface area contributed by atoms with Crippen LogP contribution in [-0.2, 0) is 6.54 Å². The number of ether oxygens (including phenoxy) is 2. The minimum atomic E-state index is -0.227. The van der Waals surface area contributed by atoms with Crippen LogP contribution in [0.3, 0.4) is 0 Å². The molecule has 126 valence electrons. The van der Waals surface area contributed by atoms with Gasteiger partial charge in [0.05, 0.1) is 19.7 Å². The van der Waals surface area contributed by atoms with E-state index in [0.717, 1.165) is 26.3 Å². The molecule has 3 aromatic rings. The van der Waals surface area contributed by atoms with Crippen molar-refractivity contribution in [1.82, 2.24) is 10.3 Å². The molecule has 0 radical (unpaired) electrons. The molecule has 2 aromatic carbocycles. The number of H-pyrrole nitrogens is 1. The SMILES string of the molecule is CNCc1cc(F)ccc1Sc1c[nH]c2cc(OC)c(OC)cc12. The van der Waals surface area contributed by atoms with Crippen molar-refractivity contribution in [2.75, 3.05) is 21.3 Å². The smallest absolute Gasteiger partial charge is 0.162 e. The first-order chi connectivity index (χ1) is 11.7. The van der Waals surface area contributed by atoms with Crippen LogP contribution in [0.4, 0.5) is 4.39 Å². The van der Waals surface area contributed by atoms with Gasteiger partial charge in [-0.3, -0.25) is 0 Å². The van der Waals surface area contributed by atoms with Crippen LogP contribution in [0.5, 0.6) is 11.5 Å². The Morgan fingerprint density at radius 2 is 1.83 bits per heavy atom. The maximum Gasteiger partial charge on any atom is 0.162 e. The highest BCUT2D eigenvalue weighted by Crippen LogP contribution is 2.40. The van der Waals surface area contributed by atoms with Gasteiger partial charge < -0.3 is 19.8 Å². The van der Waals surface area contributed by atoms with E-state index in [-0.39, 0.29) is 5.82 Å². The van der Waals surface area contributed by atoms with Crippen molar-refractivity contribution < 1.29 is 13.9 Å². The van der Waals surface area contributed by atoms with Crippen LogP contribution in [0.25, 0.3) is 10.9 Å². The molecule has 0 aliphatic carbocycles. The van der Waals surface area contributed by atoms with E-state index in [1.807, 2.05) is 31.4 Å². The largest absolute Gasteiger partial charge is 0.493 e. The molecule has 24 heavy (non-hydrogen) atoms. The van der Waals surface area contributed by atoms with E-state index in [2.05, 4.69) is 10.3 Å². The fourth-order valence-corrected chi connectivity index (χ4v) is 3.63. The molecule has 0 aliphatic heterocycles. The lowest BCUT2D eigenvalue weighted by Crippen LogP contribution is -2.06. The molecule has 2 N–H and O–H groups in total. The fraction of sp³-hybridized carbons (Fsp3) is 0.222. The predicted octanol–water partition coefficient (Wildman–Crippen LogP) is 4.19. The summed E-state index contributed by atoms with van der Waals surface area (Å²) in [5, 5.41) is 4.12. The van der Waals surface area contributed by atoms with Crippen molar-refractivity contribution >= 4 is 22.7 Å². The Kier molecular flexibility index (Phi) is 4.97. The van der Waals surface area contributed by atoms with Gasteiger partial charge in [0.2, 0.25) is 0 Å². The lowest BCUT2D eigenvalue weighted by atomic mass is 10.2. The Labute approximate surface area is 144 Å². The van der Waals surface area contributed by atoms with Crippen LogP contribution >= 0.6 is 11.8 Å². The third kappa shape index (κ3) is 3.20. The van der Waals surface area contributed by atoms with Gasteiger partial charge in [-0.15, -0.1) is 0 Å². The Hall–Kier alpha value is -2.18. The van der Waals surface area contributed by atoms with Gasteiger partial charge in [-0.1, -0.05) is 11.8 Å².